The third-order valence-corrected chi connectivity index (χ3v) is 4.65. The summed E-state index contributed by atoms with van der Waals surface area (Å²) in [6.45, 7) is 4.02. The second kappa shape index (κ2) is 5.44. The molecule has 1 heteroatoms. The van der Waals surface area contributed by atoms with Crippen molar-refractivity contribution in [3.63, 3.8) is 0 Å². The molecule has 0 bridgehead atoms. The smallest absolute Gasteiger partial charge is 0.0926 e. The predicted molar refractivity (Wildman–Crippen MR) is 97.5 cm³/mol. The summed E-state index contributed by atoms with van der Waals surface area (Å²) in [5.74, 6) is 0. The molecule has 0 spiro atoms. The maximum atomic E-state index is 4.02. The minimum absolute atomic E-state index is 0.254. The molecule has 3 aromatic carbocycles. The molecule has 0 aromatic heterocycles. The summed E-state index contributed by atoms with van der Waals surface area (Å²) >= 11 is 0. The lowest BCUT2D eigenvalue weighted by atomic mass is 9.84. The molecule has 0 radical (unpaired) electrons. The molecule has 0 atom stereocenters. The fourth-order valence-corrected chi connectivity index (χ4v) is 3.72. The van der Waals surface area contributed by atoms with Crippen molar-refractivity contribution in [3.8, 4) is 11.1 Å². The highest BCUT2D eigenvalue weighted by molar-refractivity contribution is 5.82. The van der Waals surface area contributed by atoms with Crippen molar-refractivity contribution in [2.75, 3.05) is 5.32 Å². The molecule has 0 fully saturated rings. The first-order valence-electron chi connectivity index (χ1n) is 7.99. The van der Waals surface area contributed by atoms with Crippen LogP contribution >= 0.6 is 0 Å². The Hall–Kier alpha value is -2.80. The van der Waals surface area contributed by atoms with E-state index < -0.39 is 0 Å². The number of fused-ring (bicyclic) bond motifs is 3. The lowest BCUT2D eigenvalue weighted by Crippen LogP contribution is -2.34. The Morgan fingerprint density at radius 2 is 1.26 bits per heavy atom. The maximum absolute atomic E-state index is 4.02. The lowest BCUT2D eigenvalue weighted by Gasteiger charge is -2.33. The maximum Gasteiger partial charge on any atom is 0.0926 e. The minimum Gasteiger partial charge on any atom is -0.371 e. The monoisotopic (exact) mass is 297 g/mol. The van der Waals surface area contributed by atoms with Crippen LogP contribution in [-0.2, 0) is 5.54 Å². The number of anilines is 1. The van der Waals surface area contributed by atoms with Crippen molar-refractivity contribution in [2.45, 2.75) is 12.0 Å². The zero-order valence-electron chi connectivity index (χ0n) is 13.0. The number of hydrogen-bond donors (Lipinski definition) is 1. The molecule has 1 aliphatic rings. The average Bonchev–Trinajstić information content (AvgIpc) is 2.88. The summed E-state index contributed by atoms with van der Waals surface area (Å²) in [5.41, 5.74) is 6.15. The molecule has 1 N–H and O–H groups in total. The van der Waals surface area contributed by atoms with Gasteiger partial charge in [-0.25, -0.2) is 0 Å². The standard InChI is InChI=1S/C22H19N/c1-2-16-22(23-17-10-4-3-5-11-17)20-14-8-6-12-18(20)19-13-7-9-15-21(19)22/h2-15,23H,1,16H2. The Bertz CT molecular complexity index is 803. The van der Waals surface area contributed by atoms with E-state index in [2.05, 4.69) is 84.7 Å². The van der Waals surface area contributed by atoms with Gasteiger partial charge in [0.25, 0.3) is 0 Å². The van der Waals surface area contributed by atoms with Gasteiger partial charge in [-0.3, -0.25) is 0 Å². The van der Waals surface area contributed by atoms with Gasteiger partial charge in [-0.15, -0.1) is 6.58 Å². The topological polar surface area (TPSA) is 12.0 Å². The fraction of sp³-hybridized carbons (Fsp3) is 0.0909. The molecule has 3 aromatic rings. The third-order valence-electron chi connectivity index (χ3n) is 4.65. The van der Waals surface area contributed by atoms with Crippen LogP contribution in [0.2, 0.25) is 0 Å². The Morgan fingerprint density at radius 3 is 1.83 bits per heavy atom. The Kier molecular flexibility index (Phi) is 3.27. The van der Waals surface area contributed by atoms with Crippen molar-refractivity contribution >= 4 is 5.69 Å². The average molecular weight is 297 g/mol. The van der Waals surface area contributed by atoms with Gasteiger partial charge in [0, 0.05) is 5.69 Å². The van der Waals surface area contributed by atoms with Gasteiger partial charge < -0.3 is 5.32 Å². The number of nitrogens with one attached hydrogen (secondary N) is 1. The molecular weight excluding hydrogens is 278 g/mol. The normalized spacial score (nSPS) is 13.9. The van der Waals surface area contributed by atoms with Crippen LogP contribution in [0.15, 0.2) is 91.5 Å². The second-order valence-electron chi connectivity index (χ2n) is 5.98. The van der Waals surface area contributed by atoms with Crippen LogP contribution in [0.25, 0.3) is 11.1 Å². The van der Waals surface area contributed by atoms with E-state index in [9.17, 15) is 0 Å². The number of hydrogen-bond acceptors (Lipinski definition) is 1. The van der Waals surface area contributed by atoms with Crippen molar-refractivity contribution in [2.24, 2.45) is 0 Å². The second-order valence-corrected chi connectivity index (χ2v) is 5.98. The lowest BCUT2D eigenvalue weighted by molar-refractivity contribution is 0.616. The number of rotatable bonds is 4. The van der Waals surface area contributed by atoms with Gasteiger partial charge in [-0.05, 0) is 40.8 Å². The van der Waals surface area contributed by atoms with E-state index in [0.29, 0.717) is 0 Å². The van der Waals surface area contributed by atoms with Gasteiger partial charge in [0.05, 0.1) is 5.54 Å². The number of benzene rings is 3. The largest absolute Gasteiger partial charge is 0.371 e. The van der Waals surface area contributed by atoms with E-state index in [0.717, 1.165) is 12.1 Å². The van der Waals surface area contributed by atoms with E-state index in [1.807, 2.05) is 12.1 Å². The van der Waals surface area contributed by atoms with Gasteiger partial charge in [-0.1, -0.05) is 72.8 Å². The highest BCUT2D eigenvalue weighted by atomic mass is 15.0. The van der Waals surface area contributed by atoms with Crippen LogP contribution < -0.4 is 5.32 Å². The van der Waals surface area contributed by atoms with Crippen LogP contribution in [0, 0.1) is 0 Å². The molecule has 0 unspecified atom stereocenters. The molecule has 0 saturated carbocycles. The summed E-state index contributed by atoms with van der Waals surface area (Å²) in [6.07, 6.45) is 2.85. The van der Waals surface area contributed by atoms with Crippen LogP contribution in [0.5, 0.6) is 0 Å². The predicted octanol–water partition coefficient (Wildman–Crippen LogP) is 5.60. The quantitative estimate of drug-likeness (QED) is 0.618. The highest BCUT2D eigenvalue weighted by Crippen LogP contribution is 2.50. The van der Waals surface area contributed by atoms with Gasteiger partial charge in [0.1, 0.15) is 0 Å². The first kappa shape index (κ1) is 13.8. The van der Waals surface area contributed by atoms with Crippen LogP contribution in [0.1, 0.15) is 17.5 Å². The highest BCUT2D eigenvalue weighted by Gasteiger charge is 2.41. The van der Waals surface area contributed by atoms with Crippen molar-refractivity contribution in [1.29, 1.82) is 0 Å². The summed E-state index contributed by atoms with van der Waals surface area (Å²) in [6, 6.07) is 27.8. The SMILES string of the molecule is C=CCC1(Nc2ccccc2)c2ccccc2-c2ccccc21. The summed E-state index contributed by atoms with van der Waals surface area (Å²) in [4.78, 5) is 0. The van der Waals surface area contributed by atoms with Crippen LogP contribution in [0.3, 0.4) is 0 Å². The first-order chi connectivity index (χ1) is 11.3. The van der Waals surface area contributed by atoms with Crippen molar-refractivity contribution < 1.29 is 0 Å². The van der Waals surface area contributed by atoms with Gasteiger partial charge in [0.15, 0.2) is 0 Å². The van der Waals surface area contributed by atoms with E-state index in [-0.39, 0.29) is 5.54 Å². The van der Waals surface area contributed by atoms with Gasteiger partial charge >= 0.3 is 0 Å². The van der Waals surface area contributed by atoms with Gasteiger partial charge in [0.2, 0.25) is 0 Å². The van der Waals surface area contributed by atoms with E-state index in [1.165, 1.54) is 22.3 Å². The van der Waals surface area contributed by atoms with E-state index in [4.69, 9.17) is 0 Å². The zero-order chi connectivity index (χ0) is 15.7. The number of para-hydroxylation sites is 1. The molecule has 112 valence electrons. The minimum atomic E-state index is -0.254. The molecule has 4 rings (SSSR count). The molecular formula is C22H19N. The van der Waals surface area contributed by atoms with Crippen LogP contribution in [-0.4, -0.2) is 0 Å². The zero-order valence-corrected chi connectivity index (χ0v) is 13.0. The molecule has 1 aliphatic carbocycles. The molecule has 1 nitrogen and oxygen atoms in total. The van der Waals surface area contributed by atoms with E-state index >= 15 is 0 Å². The molecule has 0 heterocycles. The summed E-state index contributed by atoms with van der Waals surface area (Å²) in [5, 5.41) is 3.80. The molecule has 23 heavy (non-hydrogen) atoms. The Morgan fingerprint density at radius 1 is 0.739 bits per heavy atom. The molecule has 0 aliphatic heterocycles. The summed E-state index contributed by atoms with van der Waals surface area (Å²) in [7, 11) is 0. The fourth-order valence-electron chi connectivity index (χ4n) is 3.72. The first-order valence-corrected chi connectivity index (χ1v) is 7.99. The molecule has 0 saturated heterocycles. The van der Waals surface area contributed by atoms with Crippen molar-refractivity contribution in [1.82, 2.24) is 0 Å². The van der Waals surface area contributed by atoms with Crippen molar-refractivity contribution in [3.05, 3.63) is 103 Å². The van der Waals surface area contributed by atoms with E-state index in [1.54, 1.807) is 0 Å². The molecule has 0 amide bonds. The Labute approximate surface area is 137 Å². The van der Waals surface area contributed by atoms with Crippen LogP contribution in [0.4, 0.5) is 5.69 Å². The third kappa shape index (κ3) is 2.08. The van der Waals surface area contributed by atoms with Gasteiger partial charge in [-0.2, -0.15) is 0 Å². The Balaban J connectivity index is 1.96. The summed E-state index contributed by atoms with van der Waals surface area (Å²) < 4.78 is 0.